The average molecular weight is 1120 g/mol. The smallest absolute Gasteiger partial charge is 0.324 e. The summed E-state index contributed by atoms with van der Waals surface area (Å²) in [6, 6.07) is 59.8. The van der Waals surface area contributed by atoms with E-state index in [0.717, 1.165) is 49.7 Å². The summed E-state index contributed by atoms with van der Waals surface area (Å²) in [5.74, 6) is -1.67. The largest absolute Gasteiger partial charge is 0.481 e. The standard InChI is InChI=1S/C62H61N9O6S3/c72-57(73)62(37-32-51(33-38-62)71(61(75)67-59-64-54-26-13-14-27-55(54)78-59)42-36-53(46-21-9-3-10-22-46)47-23-11-4-12-24-47)43-80(76,77)69-50-30-28-48(29-31-50)56-65-58(68-79-56)66-60(74)70(40-34-49-25-15-16-39-63-49)41-35-52(44-17-5-1-6-18-44)45-19-7-2-8-20-45/h1-31,39,51-53,69H,32-38,40-43H2,(H,72,73)(H,64,67,75)(H,66,68,74). The molecule has 1 aliphatic carbocycles. The van der Waals surface area contributed by atoms with Crippen molar-refractivity contribution in [3.63, 3.8) is 0 Å². The van der Waals surface area contributed by atoms with Crippen LogP contribution in [0.15, 0.2) is 194 Å². The van der Waals surface area contributed by atoms with Gasteiger partial charge in [0, 0.05) is 67.1 Å². The maximum atomic E-state index is 14.4. The quantitative estimate of drug-likeness (QED) is 0.0506. The first-order valence-electron chi connectivity index (χ1n) is 26.7. The number of sulfonamides is 1. The van der Waals surface area contributed by atoms with Crippen molar-refractivity contribution in [3.8, 4) is 10.6 Å². The number of carboxylic acids is 1. The molecule has 1 aliphatic rings. The Morgan fingerprint density at radius 3 is 1.76 bits per heavy atom. The van der Waals surface area contributed by atoms with Crippen LogP contribution in [0.2, 0.25) is 0 Å². The zero-order valence-electron chi connectivity index (χ0n) is 43.9. The van der Waals surface area contributed by atoms with E-state index in [1.54, 1.807) is 40.3 Å². The van der Waals surface area contributed by atoms with Crippen molar-refractivity contribution in [2.75, 3.05) is 40.7 Å². The van der Waals surface area contributed by atoms with Gasteiger partial charge < -0.3 is 14.9 Å². The molecule has 0 saturated heterocycles. The normalized spacial score (nSPS) is 15.3. The SMILES string of the molecule is O=C(Nc1nsc(-c2ccc(NS(=O)(=O)CC3(C(=O)O)CCC(N(CCC(c4ccccc4)c4ccccc4)C(=O)Nc4nc5ccccc5s4)CC3)cc2)n1)N(CCc1ccccn1)CCC(c1ccccc1)c1ccccc1. The molecule has 0 radical (unpaired) electrons. The summed E-state index contributed by atoms with van der Waals surface area (Å²) in [7, 11) is -4.20. The number of aliphatic carboxylic acids is 1. The maximum Gasteiger partial charge on any atom is 0.324 e. The first kappa shape index (κ1) is 55.0. The number of para-hydroxylation sites is 1. The summed E-state index contributed by atoms with van der Waals surface area (Å²) in [6.07, 6.45) is 4.20. The van der Waals surface area contributed by atoms with Crippen molar-refractivity contribution < 1.29 is 27.9 Å². The number of benzene rings is 6. The Morgan fingerprint density at radius 1 is 0.637 bits per heavy atom. The Balaban J connectivity index is 0.787. The van der Waals surface area contributed by atoms with E-state index in [1.165, 1.54) is 11.3 Å². The fraction of sp³-hybridized carbons (Fsp3) is 0.242. The van der Waals surface area contributed by atoms with Crippen LogP contribution in [-0.2, 0) is 21.2 Å². The van der Waals surface area contributed by atoms with Gasteiger partial charge in [0.25, 0.3) is 0 Å². The number of anilines is 3. The van der Waals surface area contributed by atoms with Gasteiger partial charge in [-0.3, -0.25) is 25.1 Å². The van der Waals surface area contributed by atoms with Gasteiger partial charge in [0.1, 0.15) is 5.01 Å². The van der Waals surface area contributed by atoms with E-state index in [0.29, 0.717) is 54.6 Å². The molecule has 0 atom stereocenters. The third-order valence-electron chi connectivity index (χ3n) is 14.9. The molecule has 0 spiro atoms. The van der Waals surface area contributed by atoms with Crippen LogP contribution in [0.3, 0.4) is 0 Å². The molecule has 0 bridgehead atoms. The molecule has 4 N–H and O–H groups in total. The number of fused-ring (bicyclic) bond motifs is 1. The van der Waals surface area contributed by atoms with E-state index in [9.17, 15) is 27.9 Å². The fourth-order valence-electron chi connectivity index (χ4n) is 10.7. The van der Waals surface area contributed by atoms with Crippen LogP contribution in [-0.4, -0.2) is 92.1 Å². The number of amides is 4. The first-order valence-corrected chi connectivity index (χ1v) is 30.0. The number of carbonyl (C=O) groups is 3. The van der Waals surface area contributed by atoms with Crippen LogP contribution >= 0.6 is 22.9 Å². The number of pyridine rings is 1. The van der Waals surface area contributed by atoms with E-state index in [2.05, 4.69) is 83.2 Å². The molecule has 18 heteroatoms. The van der Waals surface area contributed by atoms with Gasteiger partial charge in [0.15, 0.2) is 5.13 Å². The highest BCUT2D eigenvalue weighted by Crippen LogP contribution is 2.41. The lowest BCUT2D eigenvalue weighted by Crippen LogP contribution is -2.50. The second-order valence-electron chi connectivity index (χ2n) is 20.1. The average Bonchev–Trinajstić information content (AvgIpc) is 4.16. The third-order valence-corrected chi connectivity index (χ3v) is 18.1. The topological polar surface area (TPSA) is 200 Å². The molecule has 0 aliphatic heterocycles. The van der Waals surface area contributed by atoms with Gasteiger partial charge in [-0.25, -0.2) is 23.0 Å². The summed E-state index contributed by atoms with van der Waals surface area (Å²) < 4.78 is 36.0. The molecule has 4 amide bonds. The molecule has 3 heterocycles. The summed E-state index contributed by atoms with van der Waals surface area (Å²) in [5.41, 5.74) is 5.48. The molecule has 6 aromatic carbocycles. The Hall–Kier alpha value is -8.32. The highest BCUT2D eigenvalue weighted by Gasteiger charge is 2.47. The minimum absolute atomic E-state index is 0.0220. The minimum atomic E-state index is -4.20. The van der Waals surface area contributed by atoms with Crippen LogP contribution < -0.4 is 15.4 Å². The highest BCUT2D eigenvalue weighted by molar-refractivity contribution is 7.92. The maximum absolute atomic E-state index is 14.4. The van der Waals surface area contributed by atoms with Gasteiger partial charge in [-0.15, -0.1) is 0 Å². The number of carbonyl (C=O) groups excluding carboxylic acids is 2. The number of aromatic nitrogens is 4. The lowest BCUT2D eigenvalue weighted by Gasteiger charge is -2.41. The Kier molecular flexibility index (Phi) is 17.6. The molecule has 9 aromatic rings. The lowest BCUT2D eigenvalue weighted by atomic mass is 9.73. The van der Waals surface area contributed by atoms with E-state index in [4.69, 9.17) is 0 Å². The summed E-state index contributed by atoms with van der Waals surface area (Å²) in [5, 5.41) is 17.7. The van der Waals surface area contributed by atoms with Crippen LogP contribution in [0.5, 0.6) is 0 Å². The van der Waals surface area contributed by atoms with E-state index >= 15 is 0 Å². The number of thiazole rings is 1. The second kappa shape index (κ2) is 25.6. The molecular formula is C62H61N9O6S3. The van der Waals surface area contributed by atoms with Gasteiger partial charge in [-0.05, 0) is 121 Å². The van der Waals surface area contributed by atoms with Crippen molar-refractivity contribution in [1.82, 2.24) is 29.1 Å². The number of hydrogen-bond acceptors (Lipinski definition) is 11. The fourth-order valence-corrected chi connectivity index (χ4v) is 13.9. The van der Waals surface area contributed by atoms with Crippen molar-refractivity contribution >= 4 is 77.9 Å². The number of nitrogens with zero attached hydrogens (tertiary/aromatic N) is 6. The number of hydrogen-bond donors (Lipinski definition) is 4. The Bertz CT molecular complexity index is 3480. The monoisotopic (exact) mass is 1120 g/mol. The molecule has 408 valence electrons. The van der Waals surface area contributed by atoms with Gasteiger partial charge in [0.2, 0.25) is 16.0 Å². The number of nitrogens with one attached hydrogen (secondary N) is 3. The third kappa shape index (κ3) is 13.9. The molecular weight excluding hydrogens is 1060 g/mol. The molecule has 0 unspecified atom stereocenters. The zero-order valence-corrected chi connectivity index (χ0v) is 46.3. The van der Waals surface area contributed by atoms with Gasteiger partial charge in [-0.2, -0.15) is 9.36 Å². The van der Waals surface area contributed by atoms with Gasteiger partial charge in [-0.1, -0.05) is 151 Å². The summed E-state index contributed by atoms with van der Waals surface area (Å²) >= 11 is 2.47. The Labute approximate surface area is 474 Å². The highest BCUT2D eigenvalue weighted by atomic mass is 32.2. The van der Waals surface area contributed by atoms with Gasteiger partial charge >= 0.3 is 18.0 Å². The molecule has 10 rings (SSSR count). The molecule has 1 fully saturated rings. The zero-order chi connectivity index (χ0) is 55.3. The van der Waals surface area contributed by atoms with E-state index < -0.39 is 27.2 Å². The first-order chi connectivity index (χ1) is 39.0. The van der Waals surface area contributed by atoms with E-state index in [1.807, 2.05) is 115 Å². The lowest BCUT2D eigenvalue weighted by molar-refractivity contribution is -0.150. The number of urea groups is 2. The van der Waals surface area contributed by atoms with E-state index in [-0.39, 0.29) is 67.3 Å². The molecule has 80 heavy (non-hydrogen) atoms. The van der Waals surface area contributed by atoms with Crippen molar-refractivity contribution in [3.05, 3.63) is 222 Å². The molecule has 1 saturated carbocycles. The molecule has 3 aromatic heterocycles. The van der Waals surface area contributed by atoms with Crippen LogP contribution in [0.4, 0.5) is 26.4 Å². The van der Waals surface area contributed by atoms with Crippen molar-refractivity contribution in [1.29, 1.82) is 0 Å². The Morgan fingerprint density at radius 2 is 1.20 bits per heavy atom. The van der Waals surface area contributed by atoms with Crippen LogP contribution in [0, 0.1) is 5.41 Å². The predicted molar refractivity (Wildman–Crippen MR) is 318 cm³/mol. The minimum Gasteiger partial charge on any atom is -0.481 e. The number of rotatable bonds is 22. The summed E-state index contributed by atoms with van der Waals surface area (Å²) in [6.45, 7) is 1.22. The van der Waals surface area contributed by atoms with Crippen molar-refractivity contribution in [2.24, 2.45) is 5.41 Å². The van der Waals surface area contributed by atoms with Crippen molar-refractivity contribution in [2.45, 2.75) is 62.8 Å². The predicted octanol–water partition coefficient (Wildman–Crippen LogP) is 13.0. The number of carboxylic acid groups (broad SMARTS) is 1. The second-order valence-corrected chi connectivity index (χ2v) is 23.6. The van der Waals surface area contributed by atoms with Crippen LogP contribution in [0.1, 0.15) is 78.3 Å². The van der Waals surface area contributed by atoms with Gasteiger partial charge in [0.05, 0.1) is 21.4 Å². The van der Waals surface area contributed by atoms with Crippen LogP contribution in [0.25, 0.3) is 20.8 Å². The summed E-state index contributed by atoms with van der Waals surface area (Å²) in [4.78, 5) is 59.0. The molecule has 15 nitrogen and oxygen atoms in total.